The molecule has 5 N–H and O–H groups in total. The molecule has 0 saturated carbocycles. The van der Waals surface area contributed by atoms with Crippen molar-refractivity contribution in [2.24, 2.45) is 0 Å². The lowest BCUT2D eigenvalue weighted by Crippen LogP contribution is -2.31. The van der Waals surface area contributed by atoms with Crippen molar-refractivity contribution in [1.29, 1.82) is 0 Å². The van der Waals surface area contributed by atoms with Crippen molar-refractivity contribution in [2.75, 3.05) is 12.8 Å². The molecule has 0 radical (unpaired) electrons. The van der Waals surface area contributed by atoms with Gasteiger partial charge in [-0.15, -0.1) is 0 Å². The van der Waals surface area contributed by atoms with Crippen molar-refractivity contribution < 1.29 is 43.0 Å². The highest BCUT2D eigenvalue weighted by molar-refractivity contribution is 5.99. The van der Waals surface area contributed by atoms with Crippen molar-refractivity contribution in [3.05, 3.63) is 146 Å². The zero-order valence-corrected chi connectivity index (χ0v) is 41.9. The molecule has 2 aliphatic rings. The van der Waals surface area contributed by atoms with Gasteiger partial charge in [-0.05, 0) is 144 Å². The molecule has 21 heteroatoms. The predicted octanol–water partition coefficient (Wildman–Crippen LogP) is 5.91. The monoisotopic (exact) mass is 992 g/mol. The van der Waals surface area contributed by atoms with Gasteiger partial charge in [0.05, 0.1) is 30.3 Å². The van der Waals surface area contributed by atoms with E-state index in [1.807, 2.05) is 79.7 Å². The van der Waals surface area contributed by atoms with Crippen molar-refractivity contribution in [2.45, 2.75) is 111 Å². The Bertz CT molecular complexity index is 3330. The summed E-state index contributed by atoms with van der Waals surface area (Å²) in [4.78, 5) is 93.2. The lowest BCUT2D eigenvalue weighted by Gasteiger charge is -2.21. The number of carbonyl (C=O) groups excluding carboxylic acids is 6. The molecule has 4 heterocycles. The molecule has 2 aliphatic carbocycles. The number of hydrogen-bond donors (Lipinski definition) is 4. The van der Waals surface area contributed by atoms with Gasteiger partial charge in [0.2, 0.25) is 0 Å². The molecule has 4 aromatic heterocycles. The number of aromatic nitrogens is 8. The first kappa shape index (κ1) is 50.8. The summed E-state index contributed by atoms with van der Waals surface area (Å²) in [6, 6.07) is 16.6. The quantitative estimate of drug-likeness (QED) is 0.0704. The average molecular weight is 993 g/mol. The second-order valence-corrected chi connectivity index (χ2v) is 19.7. The van der Waals surface area contributed by atoms with Crippen LogP contribution in [0.25, 0.3) is 11.6 Å². The Balaban J connectivity index is 0.000000199. The largest absolute Gasteiger partial charge is 0.464 e. The number of nitrogens with zero attached hydrogens (tertiary/aromatic N) is 8. The molecular formula is C52H56N12O9. The van der Waals surface area contributed by atoms with Gasteiger partial charge in [-0.1, -0.05) is 24.3 Å². The van der Waals surface area contributed by atoms with Crippen LogP contribution in [0, 0.1) is 13.8 Å². The van der Waals surface area contributed by atoms with E-state index >= 15 is 0 Å². The zero-order chi connectivity index (χ0) is 52.5. The van der Waals surface area contributed by atoms with Crippen molar-refractivity contribution >= 4 is 52.9 Å². The second-order valence-electron chi connectivity index (χ2n) is 19.7. The van der Waals surface area contributed by atoms with Crippen LogP contribution in [0.5, 0.6) is 0 Å². The van der Waals surface area contributed by atoms with Gasteiger partial charge in [-0.3, -0.25) is 14.4 Å². The van der Waals surface area contributed by atoms with Crippen LogP contribution in [0.15, 0.2) is 73.3 Å². The van der Waals surface area contributed by atoms with Crippen LogP contribution < -0.4 is 21.7 Å². The van der Waals surface area contributed by atoms with E-state index in [4.69, 9.17) is 19.9 Å². The number of nitrogen functional groups attached to an aromatic ring is 1. The first-order valence-corrected chi connectivity index (χ1v) is 23.5. The number of carbonyl (C=O) groups is 6. The Kier molecular flexibility index (Phi) is 14.1. The van der Waals surface area contributed by atoms with Gasteiger partial charge in [0.1, 0.15) is 40.9 Å². The molecular weight excluding hydrogens is 937 g/mol. The van der Waals surface area contributed by atoms with Crippen LogP contribution in [-0.4, -0.2) is 93.1 Å². The summed E-state index contributed by atoms with van der Waals surface area (Å²) in [7, 11) is 1.24. The first-order chi connectivity index (χ1) is 34.6. The van der Waals surface area contributed by atoms with Gasteiger partial charge >= 0.3 is 17.9 Å². The normalized spacial score (nSPS) is 14.9. The molecule has 378 valence electrons. The minimum atomic E-state index is -0.675. The standard InChI is InChI=1S/C29H31N7O4.C23H25N5O5/c1-16-19-11-12-22(21(19)10-9-20(16)27(39)40-29(2,3)4)34-26(38)24-13-23(35-28-32-15-33-36(24)28)25(37)31-14-17-5-7-18(30)8-6-17;1-12-13-8-9-16(15(13)7-6-14(12)20(30)33-23(2,3)4)26-19(29)18-10-17(21(31)32-5)27-22-24-11-25-28(18)22/h5-10,13,15,22H,11-12,14,30H2,1-4H3,(H,31,37)(H,34,38);6-7,10-11,16H,8-9H2,1-5H3,(H,26,29)/t22-;16-/m00/s1. The van der Waals surface area contributed by atoms with Crippen LogP contribution in [0.3, 0.4) is 0 Å². The third-order valence-corrected chi connectivity index (χ3v) is 12.3. The number of nitrogens with two attached hydrogens (primary N) is 1. The van der Waals surface area contributed by atoms with Gasteiger partial charge in [-0.2, -0.15) is 29.2 Å². The number of amides is 3. The number of benzene rings is 3. The second kappa shape index (κ2) is 20.2. The summed E-state index contributed by atoms with van der Waals surface area (Å²) in [5.74, 6) is -2.45. The molecule has 0 spiro atoms. The minimum absolute atomic E-state index is 0.0344. The minimum Gasteiger partial charge on any atom is -0.464 e. The molecule has 0 bridgehead atoms. The topological polar surface area (TPSA) is 278 Å². The van der Waals surface area contributed by atoms with E-state index in [9.17, 15) is 28.8 Å². The number of esters is 3. The number of rotatable bonds is 10. The number of hydrogen-bond acceptors (Lipinski definition) is 16. The Labute approximate surface area is 419 Å². The van der Waals surface area contributed by atoms with Crippen LogP contribution in [0.4, 0.5) is 5.69 Å². The van der Waals surface area contributed by atoms with Gasteiger partial charge in [0.15, 0.2) is 5.69 Å². The first-order valence-electron chi connectivity index (χ1n) is 23.5. The Morgan fingerprint density at radius 1 is 0.630 bits per heavy atom. The SMILES string of the molecule is COC(=O)c1cc(C(=O)N[C@H]2CCc3c2ccc(C(=O)OC(C)(C)C)c3C)n2ncnc2n1.Cc1c(C(=O)OC(C)(C)C)ccc2c1CC[C@@H]2NC(=O)c1cc(C(=O)NCc2ccc(N)cc2)nc2ncnn12. The van der Waals surface area contributed by atoms with Gasteiger partial charge in [0, 0.05) is 24.4 Å². The molecule has 0 fully saturated rings. The third kappa shape index (κ3) is 11.1. The number of anilines is 1. The molecule has 21 nitrogen and oxygen atoms in total. The number of fused-ring (bicyclic) bond motifs is 4. The molecule has 2 atom stereocenters. The zero-order valence-electron chi connectivity index (χ0n) is 41.9. The molecule has 3 amide bonds. The molecule has 9 rings (SSSR count). The van der Waals surface area contributed by atoms with Gasteiger partial charge in [0.25, 0.3) is 29.3 Å². The van der Waals surface area contributed by atoms with Crippen LogP contribution in [0.2, 0.25) is 0 Å². The Morgan fingerprint density at radius 3 is 1.53 bits per heavy atom. The predicted molar refractivity (Wildman–Crippen MR) is 265 cm³/mol. The summed E-state index contributed by atoms with van der Waals surface area (Å²) in [6.07, 6.45) is 5.30. The van der Waals surface area contributed by atoms with E-state index in [0.29, 0.717) is 42.5 Å². The van der Waals surface area contributed by atoms with Crippen molar-refractivity contribution in [3.63, 3.8) is 0 Å². The van der Waals surface area contributed by atoms with Crippen LogP contribution in [0.1, 0.15) is 168 Å². The fourth-order valence-electron chi connectivity index (χ4n) is 8.81. The van der Waals surface area contributed by atoms with Crippen LogP contribution in [-0.2, 0) is 33.6 Å². The van der Waals surface area contributed by atoms with E-state index in [1.54, 1.807) is 24.3 Å². The Hall–Kier alpha value is -8.62. The summed E-state index contributed by atoms with van der Waals surface area (Å²) in [5.41, 5.74) is 13.0. The summed E-state index contributed by atoms with van der Waals surface area (Å²) in [5, 5.41) is 17.0. The maximum absolute atomic E-state index is 13.5. The summed E-state index contributed by atoms with van der Waals surface area (Å²) < 4.78 is 18.4. The molecule has 0 aliphatic heterocycles. The summed E-state index contributed by atoms with van der Waals surface area (Å²) in [6.45, 7) is 15.1. The van der Waals surface area contributed by atoms with Crippen molar-refractivity contribution in [1.82, 2.24) is 55.1 Å². The van der Waals surface area contributed by atoms with E-state index in [2.05, 4.69) is 46.1 Å². The maximum Gasteiger partial charge on any atom is 0.356 e. The average Bonchev–Trinajstić information content (AvgIpc) is 4.17. The third-order valence-electron chi connectivity index (χ3n) is 12.3. The number of methoxy groups -OCH3 is 1. The maximum atomic E-state index is 13.5. The molecule has 7 aromatic rings. The van der Waals surface area contributed by atoms with E-state index < -0.39 is 34.9 Å². The fourth-order valence-corrected chi connectivity index (χ4v) is 8.81. The smallest absolute Gasteiger partial charge is 0.356 e. The highest BCUT2D eigenvalue weighted by Gasteiger charge is 2.32. The van der Waals surface area contributed by atoms with E-state index in [-0.39, 0.29) is 64.9 Å². The Morgan fingerprint density at radius 2 is 1.08 bits per heavy atom. The fraction of sp³-hybridized carbons (Fsp3) is 0.346. The van der Waals surface area contributed by atoms with Crippen LogP contribution >= 0.6 is 0 Å². The highest BCUT2D eigenvalue weighted by Crippen LogP contribution is 2.37. The van der Waals surface area contributed by atoms with E-state index in [1.165, 1.54) is 40.9 Å². The van der Waals surface area contributed by atoms with Crippen molar-refractivity contribution in [3.8, 4) is 0 Å². The lowest BCUT2D eigenvalue weighted by atomic mass is 9.97. The van der Waals surface area contributed by atoms with Gasteiger partial charge in [-0.25, -0.2) is 24.4 Å². The molecule has 73 heavy (non-hydrogen) atoms. The molecule has 3 aromatic carbocycles. The van der Waals surface area contributed by atoms with E-state index in [0.717, 1.165) is 38.9 Å². The molecule has 0 saturated heterocycles. The number of ether oxygens (including phenoxy) is 3. The lowest BCUT2D eigenvalue weighted by molar-refractivity contribution is 0.00559. The van der Waals surface area contributed by atoms with Gasteiger partial charge < -0.3 is 35.9 Å². The summed E-state index contributed by atoms with van der Waals surface area (Å²) >= 11 is 0. The number of nitrogens with one attached hydrogen (secondary N) is 3. The molecule has 0 unspecified atom stereocenters. The highest BCUT2D eigenvalue weighted by atomic mass is 16.6.